The zero-order valence-corrected chi connectivity index (χ0v) is 17.7. The highest BCUT2D eigenvalue weighted by molar-refractivity contribution is 7.89. The summed E-state index contributed by atoms with van der Waals surface area (Å²) >= 11 is 0. The van der Waals surface area contributed by atoms with Gasteiger partial charge in [0.1, 0.15) is 0 Å². The molecular weight excluding hydrogens is 370 g/mol. The summed E-state index contributed by atoms with van der Waals surface area (Å²) in [5.74, 6) is 0.112. The van der Waals surface area contributed by atoms with Gasteiger partial charge in [0.05, 0.1) is 26.8 Å². The molecule has 1 unspecified atom stereocenters. The molecule has 0 aliphatic carbocycles. The summed E-state index contributed by atoms with van der Waals surface area (Å²) < 4.78 is 41.6. The summed E-state index contributed by atoms with van der Waals surface area (Å²) in [6.07, 6.45) is 3.01. The highest BCUT2D eigenvalue weighted by Crippen LogP contribution is 2.25. The van der Waals surface area contributed by atoms with Crippen molar-refractivity contribution >= 4 is 21.0 Å². The average molecular weight is 398 g/mol. The molecule has 6 nitrogen and oxygen atoms in total. The Bertz CT molecular complexity index is 879. The molecule has 0 radical (unpaired) electrons. The van der Waals surface area contributed by atoms with Gasteiger partial charge in [-0.15, -0.1) is 0 Å². The molecule has 2 atom stereocenters. The maximum Gasteiger partial charge on any atom is 0.282 e. The Morgan fingerprint density at radius 2 is 1.73 bits per heavy atom. The SMILES string of the molecule is Cc1ccc(S(=O)(=O)n2cc([C@@H](NS(=O)C(C)(C)C)C(C)C)cn2)cc1. The topological polar surface area (TPSA) is 81.1 Å². The monoisotopic (exact) mass is 397 g/mol. The fourth-order valence-corrected chi connectivity index (χ4v) is 4.43. The Kier molecular flexibility index (Phi) is 6.09. The van der Waals surface area contributed by atoms with Crippen LogP contribution in [-0.4, -0.2) is 26.6 Å². The fraction of sp³-hybridized carbons (Fsp3) is 0.500. The molecule has 0 bridgehead atoms. The van der Waals surface area contributed by atoms with Gasteiger partial charge in [-0.05, 0) is 45.7 Å². The fourth-order valence-electron chi connectivity index (χ4n) is 2.31. The molecule has 26 heavy (non-hydrogen) atoms. The third-order valence-electron chi connectivity index (χ3n) is 3.96. The van der Waals surface area contributed by atoms with Gasteiger partial charge < -0.3 is 0 Å². The van der Waals surface area contributed by atoms with Crippen molar-refractivity contribution in [3.05, 3.63) is 47.8 Å². The molecule has 1 aromatic heterocycles. The number of hydrogen-bond donors (Lipinski definition) is 1. The summed E-state index contributed by atoms with van der Waals surface area (Å²) in [7, 11) is -5.02. The van der Waals surface area contributed by atoms with Crippen LogP contribution in [0, 0.1) is 12.8 Å². The molecule has 1 N–H and O–H groups in total. The Balaban J connectivity index is 2.34. The standard InChI is InChI=1S/C18H27N3O3S2/c1-13(2)17(20-25(22)18(4,5)6)15-11-19-21(12-15)26(23,24)16-9-7-14(3)8-10-16/h7-13,17,20H,1-6H3/t17-,25?/m0/s1. The van der Waals surface area contributed by atoms with Crippen molar-refractivity contribution in [1.29, 1.82) is 0 Å². The lowest BCUT2D eigenvalue weighted by Crippen LogP contribution is -2.37. The van der Waals surface area contributed by atoms with Crippen LogP contribution in [0.1, 0.15) is 51.8 Å². The van der Waals surface area contributed by atoms with Crippen molar-refractivity contribution in [1.82, 2.24) is 13.9 Å². The minimum Gasteiger partial charge on any atom is -0.242 e. The number of rotatable bonds is 6. The molecule has 1 heterocycles. The van der Waals surface area contributed by atoms with Crippen molar-refractivity contribution in [2.24, 2.45) is 5.92 Å². The maximum absolute atomic E-state index is 12.8. The molecule has 2 rings (SSSR count). The van der Waals surface area contributed by atoms with Crippen LogP contribution in [0.4, 0.5) is 0 Å². The zero-order valence-electron chi connectivity index (χ0n) is 16.1. The smallest absolute Gasteiger partial charge is 0.242 e. The van der Waals surface area contributed by atoms with Crippen LogP contribution in [0.25, 0.3) is 0 Å². The summed E-state index contributed by atoms with van der Waals surface area (Å²) in [6, 6.07) is 6.37. The minimum atomic E-state index is -3.75. The van der Waals surface area contributed by atoms with Crippen molar-refractivity contribution < 1.29 is 12.6 Å². The van der Waals surface area contributed by atoms with Crippen LogP contribution in [0.5, 0.6) is 0 Å². The second kappa shape index (κ2) is 7.62. The second-order valence-electron chi connectivity index (χ2n) is 7.68. The number of hydrogen-bond acceptors (Lipinski definition) is 4. The van der Waals surface area contributed by atoms with Gasteiger partial charge in [0.25, 0.3) is 10.0 Å². The first-order valence-corrected chi connectivity index (χ1v) is 11.1. The van der Waals surface area contributed by atoms with Crippen LogP contribution >= 0.6 is 0 Å². The summed E-state index contributed by atoms with van der Waals surface area (Å²) in [5.41, 5.74) is 1.67. The third-order valence-corrected chi connectivity index (χ3v) is 7.10. The molecule has 0 fully saturated rings. The van der Waals surface area contributed by atoms with Crippen molar-refractivity contribution in [3.63, 3.8) is 0 Å². The second-order valence-corrected chi connectivity index (χ2v) is 11.5. The maximum atomic E-state index is 12.8. The van der Waals surface area contributed by atoms with Crippen LogP contribution in [0.2, 0.25) is 0 Å². The molecular formula is C18H27N3O3S2. The molecule has 0 saturated heterocycles. The van der Waals surface area contributed by atoms with Gasteiger partial charge in [0.15, 0.2) is 0 Å². The van der Waals surface area contributed by atoms with Crippen molar-refractivity contribution in [2.45, 2.75) is 57.2 Å². The molecule has 144 valence electrons. The van der Waals surface area contributed by atoms with E-state index in [-0.39, 0.29) is 16.9 Å². The summed E-state index contributed by atoms with van der Waals surface area (Å²) in [6.45, 7) is 11.5. The summed E-state index contributed by atoms with van der Waals surface area (Å²) in [4.78, 5) is 0.185. The highest BCUT2D eigenvalue weighted by atomic mass is 32.2. The van der Waals surface area contributed by atoms with E-state index in [1.807, 2.05) is 41.5 Å². The Morgan fingerprint density at radius 1 is 1.15 bits per heavy atom. The minimum absolute atomic E-state index is 0.112. The number of benzene rings is 1. The lowest BCUT2D eigenvalue weighted by Gasteiger charge is -2.26. The number of aryl methyl sites for hydroxylation is 1. The van der Waals surface area contributed by atoms with E-state index < -0.39 is 25.8 Å². The van der Waals surface area contributed by atoms with E-state index in [0.29, 0.717) is 5.56 Å². The molecule has 0 aliphatic rings. The van der Waals surface area contributed by atoms with Crippen LogP contribution < -0.4 is 4.72 Å². The largest absolute Gasteiger partial charge is 0.282 e. The third kappa shape index (κ3) is 4.61. The van der Waals surface area contributed by atoms with E-state index in [4.69, 9.17) is 0 Å². The molecule has 0 aliphatic heterocycles. The van der Waals surface area contributed by atoms with E-state index >= 15 is 0 Å². The van der Waals surface area contributed by atoms with Gasteiger partial charge in [-0.1, -0.05) is 31.5 Å². The van der Waals surface area contributed by atoms with E-state index in [2.05, 4.69) is 9.82 Å². The van der Waals surface area contributed by atoms with Gasteiger partial charge in [-0.3, -0.25) is 0 Å². The lowest BCUT2D eigenvalue weighted by molar-refractivity contribution is 0.473. The van der Waals surface area contributed by atoms with E-state index in [0.717, 1.165) is 9.65 Å². The Morgan fingerprint density at radius 3 is 2.23 bits per heavy atom. The average Bonchev–Trinajstić information content (AvgIpc) is 3.01. The van der Waals surface area contributed by atoms with Crippen molar-refractivity contribution in [2.75, 3.05) is 0 Å². The van der Waals surface area contributed by atoms with Gasteiger partial charge in [0, 0.05) is 17.8 Å². The van der Waals surface area contributed by atoms with Gasteiger partial charge in [-0.25, -0.2) is 8.93 Å². The Labute approximate surface area is 158 Å². The molecule has 0 spiro atoms. The van der Waals surface area contributed by atoms with E-state index in [1.165, 1.54) is 12.4 Å². The van der Waals surface area contributed by atoms with Crippen molar-refractivity contribution in [3.8, 4) is 0 Å². The molecule has 1 aromatic carbocycles. The molecule has 0 amide bonds. The Hall–Kier alpha value is -1.51. The number of aromatic nitrogens is 2. The summed E-state index contributed by atoms with van der Waals surface area (Å²) in [5, 5.41) is 4.05. The van der Waals surface area contributed by atoms with Crippen LogP contribution in [0.15, 0.2) is 41.6 Å². The molecule has 8 heteroatoms. The lowest BCUT2D eigenvalue weighted by atomic mass is 10.0. The predicted octanol–water partition coefficient (Wildman–Crippen LogP) is 3.18. The quantitative estimate of drug-likeness (QED) is 0.812. The first-order valence-electron chi connectivity index (χ1n) is 8.48. The number of nitrogens with zero attached hydrogens (tertiary/aromatic N) is 2. The van der Waals surface area contributed by atoms with Crippen LogP contribution in [-0.2, 0) is 21.0 Å². The zero-order chi connectivity index (χ0) is 19.7. The predicted molar refractivity (Wildman–Crippen MR) is 105 cm³/mol. The van der Waals surface area contributed by atoms with Gasteiger partial charge >= 0.3 is 0 Å². The van der Waals surface area contributed by atoms with E-state index in [1.54, 1.807) is 24.3 Å². The van der Waals surface area contributed by atoms with Crippen LogP contribution in [0.3, 0.4) is 0 Å². The van der Waals surface area contributed by atoms with Gasteiger partial charge in [-0.2, -0.15) is 17.6 Å². The first-order chi connectivity index (χ1) is 11.9. The molecule has 2 aromatic rings. The molecule has 0 saturated carbocycles. The number of nitrogens with one attached hydrogen (secondary N) is 1. The van der Waals surface area contributed by atoms with E-state index in [9.17, 15) is 12.6 Å². The van der Waals surface area contributed by atoms with Gasteiger partial charge in [0.2, 0.25) is 0 Å². The first kappa shape index (κ1) is 20.8. The highest BCUT2D eigenvalue weighted by Gasteiger charge is 2.27. The normalized spacial score (nSPS) is 15.2.